The monoisotopic (exact) mass is 340 g/mol. The quantitative estimate of drug-likeness (QED) is 0.440. The molecule has 1 aromatic carbocycles. The molecular weight excluding hydrogens is 308 g/mol. The van der Waals surface area contributed by atoms with Crippen molar-refractivity contribution in [3.05, 3.63) is 58.4 Å². The Kier molecular flexibility index (Phi) is 4.35. The zero-order chi connectivity index (χ0) is 16.8. The van der Waals surface area contributed by atoms with Crippen molar-refractivity contribution in [3.8, 4) is 0 Å². The minimum atomic E-state index is -1.30. The molecule has 0 aromatic heterocycles. The van der Waals surface area contributed by atoms with Crippen molar-refractivity contribution >= 4 is 16.1 Å². The topological polar surface area (TPSA) is 0 Å². The molecular formula is C21H32Si2. The van der Waals surface area contributed by atoms with E-state index in [-0.39, 0.29) is 0 Å². The predicted molar refractivity (Wildman–Crippen MR) is 108 cm³/mol. The van der Waals surface area contributed by atoms with E-state index in [1.165, 1.54) is 12.8 Å². The maximum Gasteiger partial charge on any atom is 0.0726 e. The van der Waals surface area contributed by atoms with Gasteiger partial charge in [-0.2, -0.15) is 0 Å². The number of hydrogen-bond donors (Lipinski definition) is 0. The van der Waals surface area contributed by atoms with E-state index < -0.39 is 16.1 Å². The van der Waals surface area contributed by atoms with Crippen LogP contribution in [0.15, 0.2) is 52.9 Å². The molecule has 0 aliphatic heterocycles. The van der Waals surface area contributed by atoms with Gasteiger partial charge in [-0.25, -0.2) is 0 Å². The van der Waals surface area contributed by atoms with Gasteiger partial charge >= 0.3 is 0 Å². The van der Waals surface area contributed by atoms with Crippen LogP contribution in [-0.4, -0.2) is 16.1 Å². The van der Waals surface area contributed by atoms with Crippen molar-refractivity contribution in [3.63, 3.8) is 0 Å². The highest BCUT2D eigenvalue weighted by atomic mass is 28.3. The highest BCUT2D eigenvalue weighted by Gasteiger charge is 2.46. The second-order valence-corrected chi connectivity index (χ2v) is 19.5. The van der Waals surface area contributed by atoms with Crippen LogP contribution in [0.3, 0.4) is 0 Å². The van der Waals surface area contributed by atoms with E-state index in [0.717, 1.165) is 11.8 Å². The lowest BCUT2D eigenvalue weighted by Gasteiger charge is -2.35. The first kappa shape index (κ1) is 17.0. The summed E-state index contributed by atoms with van der Waals surface area (Å²) in [4.78, 5) is 0. The third-order valence-corrected chi connectivity index (χ3v) is 10.4. The van der Waals surface area contributed by atoms with Crippen LogP contribution < -0.4 is 0 Å². The van der Waals surface area contributed by atoms with Crippen LogP contribution in [0.4, 0.5) is 0 Å². The van der Waals surface area contributed by atoms with Crippen LogP contribution in [0, 0.1) is 11.8 Å². The van der Waals surface area contributed by atoms with Gasteiger partial charge in [-0.05, 0) is 36.2 Å². The largest absolute Gasteiger partial charge is 0.0873 e. The molecule has 1 aromatic rings. The summed E-state index contributed by atoms with van der Waals surface area (Å²) >= 11 is 0. The van der Waals surface area contributed by atoms with Gasteiger partial charge in [-0.3, -0.25) is 0 Å². The molecule has 0 fully saturated rings. The normalized spacial score (nSPS) is 28.2. The third-order valence-electron chi connectivity index (χ3n) is 5.63. The molecule has 0 saturated heterocycles. The Morgan fingerprint density at radius 3 is 1.96 bits per heavy atom. The maximum atomic E-state index is 2.57. The van der Waals surface area contributed by atoms with Gasteiger partial charge in [-0.15, -0.1) is 0 Å². The lowest BCUT2D eigenvalue weighted by atomic mass is 9.83. The molecule has 0 radical (unpaired) electrons. The van der Waals surface area contributed by atoms with Crippen LogP contribution in [0.25, 0.3) is 0 Å². The summed E-state index contributed by atoms with van der Waals surface area (Å²) in [5, 5.41) is 3.86. The Morgan fingerprint density at radius 2 is 1.39 bits per heavy atom. The molecule has 2 bridgehead atoms. The minimum Gasteiger partial charge on any atom is -0.0873 e. The smallest absolute Gasteiger partial charge is 0.0726 e. The Hall–Kier alpha value is -0.866. The molecule has 3 rings (SSSR count). The average molecular weight is 341 g/mol. The third kappa shape index (κ3) is 3.20. The van der Waals surface area contributed by atoms with Gasteiger partial charge in [0.25, 0.3) is 0 Å². The summed E-state index contributed by atoms with van der Waals surface area (Å²) in [6, 6.07) is 11.3. The zero-order valence-corrected chi connectivity index (χ0v) is 17.7. The number of fused-ring (bicyclic) bond motifs is 2. The SMILES string of the molecule is C[Si](C)(C)C1=C([Si](C)(C)C)[C@H]2C=CC[C@H](c3ccccc3)[C@@H]1C2. The fraction of sp³-hybridized carbons (Fsp3) is 0.524. The Bertz CT molecular complexity index is 626. The van der Waals surface area contributed by atoms with Gasteiger partial charge < -0.3 is 0 Å². The molecule has 0 nitrogen and oxygen atoms in total. The molecule has 0 N–H and O–H groups in total. The predicted octanol–water partition coefficient (Wildman–Crippen LogP) is 6.42. The number of benzene rings is 1. The lowest BCUT2D eigenvalue weighted by Crippen LogP contribution is -2.36. The summed E-state index contributed by atoms with van der Waals surface area (Å²) in [6.07, 6.45) is 7.65. The van der Waals surface area contributed by atoms with E-state index in [9.17, 15) is 0 Å². The standard InChI is InChI=1S/C21H32Si2/c1-22(2,3)20-17-13-10-14-18(16-11-8-7-9-12-16)19(15-17)21(20)23(4,5)6/h7-13,17-19H,14-15H2,1-6H3/t17-,18+,19-/m0/s1. The molecule has 23 heavy (non-hydrogen) atoms. The van der Waals surface area contributed by atoms with Gasteiger partial charge in [0.1, 0.15) is 0 Å². The molecule has 0 unspecified atom stereocenters. The van der Waals surface area contributed by atoms with Gasteiger partial charge in [0, 0.05) is 0 Å². The fourth-order valence-corrected chi connectivity index (χ4v) is 12.0. The van der Waals surface area contributed by atoms with E-state index in [2.05, 4.69) is 81.8 Å². The maximum absolute atomic E-state index is 2.57. The zero-order valence-electron chi connectivity index (χ0n) is 15.7. The van der Waals surface area contributed by atoms with E-state index in [1.807, 2.05) is 10.4 Å². The first-order valence-electron chi connectivity index (χ1n) is 9.16. The molecule has 2 aliphatic rings. The van der Waals surface area contributed by atoms with Crippen LogP contribution in [-0.2, 0) is 0 Å². The summed E-state index contributed by atoms with van der Waals surface area (Å²) < 4.78 is 0. The fourth-order valence-electron chi connectivity index (χ4n) is 4.99. The highest BCUT2D eigenvalue weighted by molar-refractivity contribution is 6.89. The van der Waals surface area contributed by atoms with Crippen molar-refractivity contribution in [1.82, 2.24) is 0 Å². The Balaban J connectivity index is 2.15. The molecule has 0 amide bonds. The minimum absolute atomic E-state index is 0.688. The second kappa shape index (κ2) is 5.89. The van der Waals surface area contributed by atoms with E-state index in [4.69, 9.17) is 0 Å². The van der Waals surface area contributed by atoms with Crippen molar-refractivity contribution in [1.29, 1.82) is 0 Å². The molecule has 0 spiro atoms. The van der Waals surface area contributed by atoms with Crippen molar-refractivity contribution < 1.29 is 0 Å². The van der Waals surface area contributed by atoms with Gasteiger partial charge in [-0.1, -0.05) is 92.2 Å². The Labute approximate surface area is 144 Å². The number of allylic oxidation sites excluding steroid dienone is 4. The summed E-state index contributed by atoms with van der Waals surface area (Å²) in [6.45, 7) is 15.4. The molecule has 2 heteroatoms. The number of rotatable bonds is 3. The van der Waals surface area contributed by atoms with Crippen LogP contribution in [0.1, 0.15) is 24.3 Å². The Morgan fingerprint density at radius 1 is 0.783 bits per heavy atom. The first-order chi connectivity index (χ1) is 10.7. The van der Waals surface area contributed by atoms with Crippen molar-refractivity contribution in [2.45, 2.75) is 58.0 Å². The molecule has 3 atom stereocenters. The number of hydrogen-bond acceptors (Lipinski definition) is 0. The molecule has 124 valence electrons. The van der Waals surface area contributed by atoms with Crippen LogP contribution >= 0.6 is 0 Å². The van der Waals surface area contributed by atoms with Crippen LogP contribution in [0.2, 0.25) is 39.3 Å². The molecule has 2 aliphatic carbocycles. The summed E-state index contributed by atoms with van der Waals surface area (Å²) in [5.41, 5.74) is 1.55. The van der Waals surface area contributed by atoms with Gasteiger partial charge in [0.05, 0.1) is 16.1 Å². The lowest BCUT2D eigenvalue weighted by molar-refractivity contribution is 0.480. The van der Waals surface area contributed by atoms with Gasteiger partial charge in [0.2, 0.25) is 0 Å². The highest BCUT2D eigenvalue weighted by Crippen LogP contribution is 2.53. The molecule has 0 heterocycles. The summed E-state index contributed by atoms with van der Waals surface area (Å²) in [7, 11) is -2.57. The van der Waals surface area contributed by atoms with E-state index in [1.54, 1.807) is 5.56 Å². The van der Waals surface area contributed by atoms with Crippen molar-refractivity contribution in [2.24, 2.45) is 11.8 Å². The van der Waals surface area contributed by atoms with Gasteiger partial charge in [0.15, 0.2) is 0 Å². The van der Waals surface area contributed by atoms with Crippen LogP contribution in [0.5, 0.6) is 0 Å². The summed E-state index contributed by atoms with van der Waals surface area (Å²) in [5.74, 6) is 2.21. The first-order valence-corrected chi connectivity index (χ1v) is 16.2. The van der Waals surface area contributed by atoms with Crippen molar-refractivity contribution in [2.75, 3.05) is 0 Å². The second-order valence-electron chi connectivity index (χ2n) is 9.46. The van der Waals surface area contributed by atoms with E-state index >= 15 is 0 Å². The average Bonchev–Trinajstić information content (AvgIpc) is 2.70. The molecule has 0 saturated carbocycles. The van der Waals surface area contributed by atoms with E-state index in [0.29, 0.717) is 5.92 Å².